The molecule has 4 aliphatic heterocycles. The molecule has 0 aliphatic carbocycles. The summed E-state index contributed by atoms with van der Waals surface area (Å²) in [5.74, 6) is 0.518. The van der Waals surface area contributed by atoms with Gasteiger partial charge in [-0.2, -0.15) is 5.26 Å². The van der Waals surface area contributed by atoms with Crippen LogP contribution in [0.1, 0.15) is 64.9 Å². The van der Waals surface area contributed by atoms with Gasteiger partial charge in [0, 0.05) is 47.8 Å². The number of nitrogens with one attached hydrogen (secondary N) is 2. The summed E-state index contributed by atoms with van der Waals surface area (Å²) in [6, 6.07) is 10.7. The van der Waals surface area contributed by atoms with E-state index in [0.717, 1.165) is 22.3 Å². The summed E-state index contributed by atoms with van der Waals surface area (Å²) in [6.07, 6.45) is 0.966. The number of methoxy groups -OCH3 is 1. The van der Waals surface area contributed by atoms with Gasteiger partial charge >= 0.3 is 5.97 Å². The monoisotopic (exact) mass is 709 g/mol. The van der Waals surface area contributed by atoms with Crippen LogP contribution < -0.4 is 29.6 Å². The van der Waals surface area contributed by atoms with Crippen molar-refractivity contribution >= 4 is 17.8 Å². The molecule has 7 rings (SSSR count). The average Bonchev–Trinajstić information content (AvgIpc) is 3.60. The van der Waals surface area contributed by atoms with Crippen LogP contribution in [0.5, 0.6) is 28.7 Å². The van der Waals surface area contributed by atoms with Crippen molar-refractivity contribution in [2.24, 2.45) is 0 Å². The number of piperazine rings is 1. The van der Waals surface area contributed by atoms with Crippen LogP contribution in [0.2, 0.25) is 0 Å². The highest BCUT2D eigenvalue weighted by Gasteiger charge is 2.57. The van der Waals surface area contributed by atoms with Gasteiger partial charge in [0.2, 0.25) is 18.6 Å². The van der Waals surface area contributed by atoms with Gasteiger partial charge in [-0.15, -0.1) is 0 Å². The summed E-state index contributed by atoms with van der Waals surface area (Å²) in [6.45, 7) is 6.65. The van der Waals surface area contributed by atoms with E-state index in [2.05, 4.69) is 26.5 Å². The fourth-order valence-corrected chi connectivity index (χ4v) is 8.80. The van der Waals surface area contributed by atoms with Gasteiger partial charge in [0.25, 0.3) is 0 Å². The number of esters is 1. The number of phenolic OH excluding ortho intramolecular Hbond substituents is 1. The predicted octanol–water partition coefficient (Wildman–Crippen LogP) is 3.31. The van der Waals surface area contributed by atoms with E-state index < -0.39 is 42.1 Å². The molecule has 0 saturated carbocycles. The molecular formula is C39H43N5O8. The van der Waals surface area contributed by atoms with Gasteiger partial charge in [0.05, 0.1) is 31.7 Å². The molecule has 4 heterocycles. The zero-order chi connectivity index (χ0) is 37.0. The number of benzene rings is 3. The molecule has 13 nitrogen and oxygen atoms in total. The summed E-state index contributed by atoms with van der Waals surface area (Å²) in [5, 5.41) is 28.5. The smallest absolute Gasteiger partial charge is 0.308 e. The number of fused-ring (bicyclic) bond motifs is 9. The average molecular weight is 710 g/mol. The number of ether oxygens (including phenoxy) is 4. The second kappa shape index (κ2) is 13.7. The van der Waals surface area contributed by atoms with Crippen molar-refractivity contribution in [3.05, 3.63) is 75.3 Å². The first kappa shape index (κ1) is 35.1. The van der Waals surface area contributed by atoms with Crippen LogP contribution >= 0.6 is 0 Å². The molecule has 0 radical (unpaired) electrons. The SMILES string of the molecule is COc1c(C)cc2c(c1O)[C@H]1C3Cc4c(OC(C)=O)c(C)c5c(c4[C@H](CNC(=O)[C@H](C)NC(=O)Cc4ccccc4)N3[C@@H](C#N)[C@H](C2)N1C)OCO5. The molecule has 52 heavy (non-hydrogen) atoms. The maximum absolute atomic E-state index is 13.7. The molecule has 3 aromatic carbocycles. The lowest BCUT2D eigenvalue weighted by molar-refractivity contribution is -0.132. The number of phenols is 1. The van der Waals surface area contributed by atoms with Gasteiger partial charge in [0.15, 0.2) is 23.0 Å². The van der Waals surface area contributed by atoms with Crippen molar-refractivity contribution in [3.63, 3.8) is 0 Å². The highest BCUT2D eigenvalue weighted by molar-refractivity contribution is 5.88. The molecule has 6 atom stereocenters. The topological polar surface area (TPSA) is 163 Å². The Morgan fingerprint density at radius 1 is 1.08 bits per heavy atom. The number of nitriles is 1. The fraction of sp³-hybridized carbons (Fsp3) is 0.436. The third-order valence-corrected chi connectivity index (χ3v) is 11.0. The Labute approximate surface area is 302 Å². The zero-order valence-electron chi connectivity index (χ0n) is 30.1. The number of rotatable bonds is 8. The maximum atomic E-state index is 13.7. The molecule has 1 fully saturated rings. The molecule has 0 aromatic heterocycles. The van der Waals surface area contributed by atoms with E-state index in [-0.39, 0.29) is 37.5 Å². The van der Waals surface area contributed by atoms with Gasteiger partial charge in [-0.05, 0) is 57.4 Å². The predicted molar refractivity (Wildman–Crippen MR) is 188 cm³/mol. The number of hydrogen-bond donors (Lipinski definition) is 3. The number of carbonyl (C=O) groups is 3. The Morgan fingerprint density at radius 2 is 1.81 bits per heavy atom. The lowest BCUT2D eigenvalue weighted by Gasteiger charge is -2.60. The normalized spacial score (nSPS) is 23.3. The van der Waals surface area contributed by atoms with E-state index in [1.54, 1.807) is 6.92 Å². The molecule has 3 aromatic rings. The van der Waals surface area contributed by atoms with E-state index in [0.29, 0.717) is 52.5 Å². The lowest BCUT2D eigenvalue weighted by atomic mass is 9.71. The van der Waals surface area contributed by atoms with Crippen LogP contribution in [-0.4, -0.2) is 84.4 Å². The standard InChI is InChI=1S/C39H43N5O8/c1-19-12-24-14-26-28(16-40)44-27(33(43(26)5)31(24)34(47)35(19)49-6)15-25-32(38-37(50-18-51-38)20(2)36(25)52-22(4)45)29(44)17-41-39(48)21(3)42-30(46)13-23-10-8-7-9-11-23/h7-12,21,26-29,33,47H,13-15,17-18H2,1-6H3,(H,41,48)(H,42,46)/t21-,26-,27?,28-,29-,33+/m0/s1. The van der Waals surface area contributed by atoms with E-state index in [1.807, 2.05) is 57.3 Å². The number of aryl methyl sites for hydroxylation is 1. The Balaban J connectivity index is 1.31. The Bertz CT molecular complexity index is 1990. The largest absolute Gasteiger partial charge is 0.504 e. The van der Waals surface area contributed by atoms with Gasteiger partial charge in [-0.25, -0.2) is 0 Å². The highest BCUT2D eigenvalue weighted by atomic mass is 16.7. The molecule has 3 N–H and O–H groups in total. The number of likely N-dealkylation sites (N-methyl/N-ethyl adjacent to an activating group) is 1. The summed E-state index contributed by atoms with van der Waals surface area (Å²) < 4.78 is 23.6. The number of nitrogens with zero attached hydrogens (tertiary/aromatic N) is 3. The molecule has 272 valence electrons. The molecule has 1 unspecified atom stereocenters. The number of hydrogen-bond acceptors (Lipinski definition) is 11. The summed E-state index contributed by atoms with van der Waals surface area (Å²) >= 11 is 0. The van der Waals surface area contributed by atoms with E-state index >= 15 is 0 Å². The minimum atomic E-state index is -0.854. The van der Waals surface area contributed by atoms with Crippen molar-refractivity contribution in [3.8, 4) is 34.8 Å². The van der Waals surface area contributed by atoms with Crippen LogP contribution in [0.25, 0.3) is 0 Å². The number of amides is 2. The Hall–Kier alpha value is -5.32. The molecule has 2 bridgehead atoms. The first-order valence-corrected chi connectivity index (χ1v) is 17.5. The van der Waals surface area contributed by atoms with Gasteiger partial charge < -0.3 is 34.7 Å². The molecule has 0 spiro atoms. The van der Waals surface area contributed by atoms with E-state index in [4.69, 9.17) is 18.9 Å². The minimum absolute atomic E-state index is 0.0387. The van der Waals surface area contributed by atoms with Crippen molar-refractivity contribution in [1.29, 1.82) is 5.26 Å². The summed E-state index contributed by atoms with van der Waals surface area (Å²) in [7, 11) is 3.50. The second-order valence-corrected chi connectivity index (χ2v) is 14.0. The second-order valence-electron chi connectivity index (χ2n) is 14.0. The van der Waals surface area contributed by atoms with Crippen molar-refractivity contribution in [2.45, 2.75) is 83.2 Å². The van der Waals surface area contributed by atoms with E-state index in [9.17, 15) is 24.8 Å². The fourth-order valence-electron chi connectivity index (χ4n) is 8.80. The Morgan fingerprint density at radius 3 is 2.50 bits per heavy atom. The van der Waals surface area contributed by atoms with Crippen LogP contribution in [0.3, 0.4) is 0 Å². The van der Waals surface area contributed by atoms with Crippen LogP contribution in [0.15, 0.2) is 36.4 Å². The first-order chi connectivity index (χ1) is 24.9. The number of aromatic hydroxyl groups is 1. The van der Waals surface area contributed by atoms with Crippen molar-refractivity contribution in [2.75, 3.05) is 27.5 Å². The molecule has 13 heteroatoms. The summed E-state index contributed by atoms with van der Waals surface area (Å²) in [4.78, 5) is 43.3. The Kier molecular flexibility index (Phi) is 9.23. The van der Waals surface area contributed by atoms with Crippen molar-refractivity contribution < 1.29 is 38.4 Å². The third kappa shape index (κ3) is 5.76. The molecule has 4 aliphatic rings. The minimum Gasteiger partial charge on any atom is -0.504 e. The van der Waals surface area contributed by atoms with Gasteiger partial charge in [0.1, 0.15) is 17.8 Å². The highest BCUT2D eigenvalue weighted by Crippen LogP contribution is 2.58. The zero-order valence-corrected chi connectivity index (χ0v) is 30.1. The quantitative estimate of drug-likeness (QED) is 0.232. The van der Waals surface area contributed by atoms with Gasteiger partial charge in [-0.1, -0.05) is 36.4 Å². The van der Waals surface area contributed by atoms with Gasteiger partial charge in [-0.3, -0.25) is 24.2 Å². The van der Waals surface area contributed by atoms with Crippen LogP contribution in [0.4, 0.5) is 0 Å². The third-order valence-electron chi connectivity index (χ3n) is 11.0. The van der Waals surface area contributed by atoms with E-state index in [1.165, 1.54) is 14.0 Å². The van der Waals surface area contributed by atoms with Crippen LogP contribution in [-0.2, 0) is 33.6 Å². The molecule has 2 amide bonds. The lowest BCUT2D eigenvalue weighted by Crippen LogP contribution is -2.69. The molecule has 1 saturated heterocycles. The van der Waals surface area contributed by atoms with Crippen LogP contribution in [0, 0.1) is 25.2 Å². The number of carbonyl (C=O) groups excluding carboxylic acids is 3. The first-order valence-electron chi connectivity index (χ1n) is 17.5. The van der Waals surface area contributed by atoms with Crippen molar-refractivity contribution in [1.82, 2.24) is 20.4 Å². The molecular weight excluding hydrogens is 666 g/mol. The maximum Gasteiger partial charge on any atom is 0.308 e. The summed E-state index contributed by atoms with van der Waals surface area (Å²) in [5.41, 5.74) is 5.27.